The van der Waals surface area contributed by atoms with Gasteiger partial charge >= 0.3 is 0 Å². The molecule has 0 aromatic carbocycles. The van der Waals surface area contributed by atoms with Crippen LogP contribution in [-0.2, 0) is 7.05 Å². The van der Waals surface area contributed by atoms with Gasteiger partial charge in [-0.3, -0.25) is 4.68 Å². The van der Waals surface area contributed by atoms with Gasteiger partial charge in [-0.1, -0.05) is 12.2 Å². The first-order valence-electron chi connectivity index (χ1n) is 3.54. The summed E-state index contributed by atoms with van der Waals surface area (Å²) in [6, 6.07) is 0. The lowest BCUT2D eigenvalue weighted by Crippen LogP contribution is -1.83. The van der Waals surface area contributed by atoms with Crippen molar-refractivity contribution in [3.8, 4) is 0 Å². The molecule has 2 nitrogen and oxygen atoms in total. The molecule has 1 aromatic rings. The van der Waals surface area contributed by atoms with E-state index in [1.165, 1.54) is 0 Å². The summed E-state index contributed by atoms with van der Waals surface area (Å²) < 4.78 is 1.78. The predicted octanol–water partition coefficient (Wildman–Crippen LogP) is 2.06. The molecule has 0 N–H and O–H groups in total. The van der Waals surface area contributed by atoms with Crippen molar-refractivity contribution >= 4 is 17.7 Å². The minimum Gasteiger partial charge on any atom is -0.275 e. The molecule has 0 unspecified atom stereocenters. The lowest BCUT2D eigenvalue weighted by molar-refractivity contribution is 0.767. The third-order valence-corrected chi connectivity index (χ3v) is 1.53. The van der Waals surface area contributed by atoms with Crippen molar-refractivity contribution in [1.82, 2.24) is 9.78 Å². The van der Waals surface area contributed by atoms with Crippen molar-refractivity contribution in [2.75, 3.05) is 5.88 Å². The highest BCUT2D eigenvalue weighted by atomic mass is 35.5. The Hall–Kier alpha value is -0.760. The Kier molecular flexibility index (Phi) is 3.17. The van der Waals surface area contributed by atoms with E-state index in [0.29, 0.717) is 5.88 Å². The van der Waals surface area contributed by atoms with Crippen LogP contribution in [0, 0.1) is 0 Å². The quantitative estimate of drug-likeness (QED) is 0.635. The number of alkyl halides is 1. The summed E-state index contributed by atoms with van der Waals surface area (Å²) in [4.78, 5) is 0. The van der Waals surface area contributed by atoms with Crippen LogP contribution in [0.15, 0.2) is 18.5 Å². The standard InChI is InChI=1S/C8H11ClN2/c1-11-7-8(6-10-11)4-2-3-5-9/h2,4,6-7H,3,5H2,1H3. The Labute approximate surface area is 71.5 Å². The van der Waals surface area contributed by atoms with E-state index in [1.54, 1.807) is 4.68 Å². The number of aryl methyl sites for hydroxylation is 1. The van der Waals surface area contributed by atoms with Crippen LogP contribution in [0.5, 0.6) is 0 Å². The lowest BCUT2D eigenvalue weighted by atomic mass is 10.3. The van der Waals surface area contributed by atoms with Crippen LogP contribution in [0.2, 0.25) is 0 Å². The number of nitrogens with zero attached hydrogens (tertiary/aromatic N) is 2. The average molecular weight is 171 g/mol. The first-order valence-corrected chi connectivity index (χ1v) is 4.07. The fourth-order valence-electron chi connectivity index (χ4n) is 0.809. The Morgan fingerprint density at radius 2 is 2.55 bits per heavy atom. The summed E-state index contributed by atoms with van der Waals surface area (Å²) in [6.45, 7) is 0. The van der Waals surface area contributed by atoms with Gasteiger partial charge in [0.05, 0.1) is 6.20 Å². The third-order valence-electron chi connectivity index (χ3n) is 1.31. The monoisotopic (exact) mass is 170 g/mol. The van der Waals surface area contributed by atoms with Crippen LogP contribution in [0.4, 0.5) is 0 Å². The predicted molar refractivity (Wildman–Crippen MR) is 47.6 cm³/mol. The molecule has 1 aromatic heterocycles. The summed E-state index contributed by atoms with van der Waals surface area (Å²) in [7, 11) is 1.90. The minimum atomic E-state index is 0.677. The largest absolute Gasteiger partial charge is 0.275 e. The number of hydrogen-bond acceptors (Lipinski definition) is 1. The Bertz CT molecular complexity index is 240. The molecule has 0 fully saturated rings. The highest BCUT2D eigenvalue weighted by molar-refractivity contribution is 6.17. The first kappa shape index (κ1) is 8.34. The van der Waals surface area contributed by atoms with E-state index in [2.05, 4.69) is 5.10 Å². The van der Waals surface area contributed by atoms with Gasteiger partial charge in [-0.25, -0.2) is 0 Å². The van der Waals surface area contributed by atoms with Crippen LogP contribution in [0.3, 0.4) is 0 Å². The molecule has 0 aliphatic carbocycles. The number of allylic oxidation sites excluding steroid dienone is 1. The summed E-state index contributed by atoms with van der Waals surface area (Å²) >= 11 is 5.50. The molecule has 0 amide bonds. The molecule has 0 saturated carbocycles. The van der Waals surface area contributed by atoms with Gasteiger partial charge in [0.25, 0.3) is 0 Å². The molecule has 0 radical (unpaired) electrons. The van der Waals surface area contributed by atoms with Crippen molar-refractivity contribution in [2.45, 2.75) is 6.42 Å². The first-order chi connectivity index (χ1) is 5.33. The van der Waals surface area contributed by atoms with Gasteiger partial charge in [0.2, 0.25) is 0 Å². The molecule has 11 heavy (non-hydrogen) atoms. The van der Waals surface area contributed by atoms with Crippen LogP contribution < -0.4 is 0 Å². The van der Waals surface area contributed by atoms with Gasteiger partial charge in [-0.05, 0) is 6.42 Å². The zero-order chi connectivity index (χ0) is 8.10. The van der Waals surface area contributed by atoms with E-state index < -0.39 is 0 Å². The van der Waals surface area contributed by atoms with Crippen molar-refractivity contribution in [3.05, 3.63) is 24.0 Å². The summed E-state index contributed by atoms with van der Waals surface area (Å²) in [6.07, 6.45) is 8.77. The maximum absolute atomic E-state index is 5.50. The smallest absolute Gasteiger partial charge is 0.0562 e. The van der Waals surface area contributed by atoms with Gasteiger partial charge in [0.15, 0.2) is 0 Å². The second-order valence-corrected chi connectivity index (χ2v) is 2.71. The molecule has 3 heteroatoms. The van der Waals surface area contributed by atoms with E-state index in [-0.39, 0.29) is 0 Å². The van der Waals surface area contributed by atoms with Crippen molar-refractivity contribution in [2.24, 2.45) is 7.05 Å². The van der Waals surface area contributed by atoms with E-state index in [4.69, 9.17) is 11.6 Å². The lowest BCUT2D eigenvalue weighted by Gasteiger charge is -1.83. The third kappa shape index (κ3) is 2.76. The fourth-order valence-corrected chi connectivity index (χ4v) is 0.935. The number of halogens is 1. The highest BCUT2D eigenvalue weighted by Gasteiger charge is 1.87. The second-order valence-electron chi connectivity index (χ2n) is 2.33. The molecular formula is C8H11ClN2. The molecule has 1 rings (SSSR count). The van der Waals surface area contributed by atoms with Crippen molar-refractivity contribution in [1.29, 1.82) is 0 Å². The summed E-state index contributed by atoms with van der Waals surface area (Å²) in [5, 5.41) is 4.03. The number of hydrogen-bond donors (Lipinski definition) is 0. The zero-order valence-electron chi connectivity index (χ0n) is 6.50. The van der Waals surface area contributed by atoms with E-state index >= 15 is 0 Å². The van der Waals surface area contributed by atoms with Gasteiger partial charge < -0.3 is 0 Å². The van der Waals surface area contributed by atoms with E-state index in [1.807, 2.05) is 31.6 Å². The van der Waals surface area contributed by atoms with Crippen LogP contribution in [0.1, 0.15) is 12.0 Å². The average Bonchev–Trinajstić information content (AvgIpc) is 2.37. The Morgan fingerprint density at radius 3 is 3.09 bits per heavy atom. The SMILES string of the molecule is Cn1cc(C=CCCCl)cn1. The maximum Gasteiger partial charge on any atom is 0.0562 e. The number of aromatic nitrogens is 2. The van der Waals surface area contributed by atoms with E-state index in [0.717, 1.165) is 12.0 Å². The fraction of sp³-hybridized carbons (Fsp3) is 0.375. The Balaban J connectivity index is 2.50. The Morgan fingerprint density at radius 1 is 1.73 bits per heavy atom. The normalized spacial score (nSPS) is 11.1. The van der Waals surface area contributed by atoms with Crippen LogP contribution in [-0.4, -0.2) is 15.7 Å². The van der Waals surface area contributed by atoms with Gasteiger partial charge in [0.1, 0.15) is 0 Å². The van der Waals surface area contributed by atoms with Gasteiger partial charge in [-0.15, -0.1) is 11.6 Å². The molecule has 0 bridgehead atoms. The minimum absolute atomic E-state index is 0.677. The molecule has 0 atom stereocenters. The molecule has 1 heterocycles. The molecular weight excluding hydrogens is 160 g/mol. The van der Waals surface area contributed by atoms with Gasteiger partial charge in [-0.2, -0.15) is 5.10 Å². The zero-order valence-corrected chi connectivity index (χ0v) is 7.25. The summed E-state index contributed by atoms with van der Waals surface area (Å²) in [5.41, 5.74) is 1.12. The number of rotatable bonds is 3. The maximum atomic E-state index is 5.50. The molecule has 0 saturated heterocycles. The van der Waals surface area contributed by atoms with E-state index in [9.17, 15) is 0 Å². The molecule has 0 aliphatic heterocycles. The topological polar surface area (TPSA) is 17.8 Å². The highest BCUT2D eigenvalue weighted by Crippen LogP contribution is 2.00. The van der Waals surface area contributed by atoms with Crippen molar-refractivity contribution in [3.63, 3.8) is 0 Å². The van der Waals surface area contributed by atoms with Crippen LogP contribution >= 0.6 is 11.6 Å². The van der Waals surface area contributed by atoms with Crippen LogP contribution in [0.25, 0.3) is 6.08 Å². The molecule has 60 valence electrons. The summed E-state index contributed by atoms with van der Waals surface area (Å²) in [5.74, 6) is 0.677. The molecule has 0 spiro atoms. The van der Waals surface area contributed by atoms with Crippen molar-refractivity contribution < 1.29 is 0 Å². The second kappa shape index (κ2) is 4.19. The molecule has 0 aliphatic rings. The van der Waals surface area contributed by atoms with Gasteiger partial charge in [0, 0.05) is 24.7 Å².